The number of hydrogen-bond acceptors (Lipinski definition) is 2. The quantitative estimate of drug-likeness (QED) is 0.710. The second kappa shape index (κ2) is 5.78. The Morgan fingerprint density at radius 3 is 2.81 bits per heavy atom. The molecule has 1 aromatic rings. The van der Waals surface area contributed by atoms with Crippen LogP contribution < -0.4 is 0 Å². The van der Waals surface area contributed by atoms with Gasteiger partial charge in [0, 0.05) is 12.4 Å². The first-order valence-corrected chi connectivity index (χ1v) is 6.30. The van der Waals surface area contributed by atoms with Gasteiger partial charge in [0.15, 0.2) is 0 Å². The molecule has 1 aliphatic carbocycles. The van der Waals surface area contributed by atoms with Crippen molar-refractivity contribution in [1.82, 2.24) is 4.98 Å². The van der Waals surface area contributed by atoms with Gasteiger partial charge >= 0.3 is 0 Å². The third kappa shape index (κ3) is 3.16. The van der Waals surface area contributed by atoms with Crippen molar-refractivity contribution in [2.45, 2.75) is 45.1 Å². The van der Waals surface area contributed by atoms with E-state index in [9.17, 15) is 0 Å². The zero-order valence-electron chi connectivity index (χ0n) is 9.97. The van der Waals surface area contributed by atoms with Gasteiger partial charge in [0.05, 0.1) is 11.7 Å². The second-order valence-corrected chi connectivity index (χ2v) is 4.67. The first-order chi connectivity index (χ1) is 7.86. The molecule has 1 unspecified atom stereocenters. The highest BCUT2D eigenvalue weighted by Crippen LogP contribution is 2.27. The van der Waals surface area contributed by atoms with Crippen LogP contribution in [0.1, 0.15) is 44.7 Å². The number of aliphatic imine (C=N–C) groups is 1. The van der Waals surface area contributed by atoms with Crippen molar-refractivity contribution in [3.63, 3.8) is 0 Å². The molecule has 2 rings (SSSR count). The van der Waals surface area contributed by atoms with Crippen molar-refractivity contribution < 1.29 is 0 Å². The van der Waals surface area contributed by atoms with Gasteiger partial charge in [0.1, 0.15) is 0 Å². The van der Waals surface area contributed by atoms with Gasteiger partial charge in [-0.1, -0.05) is 25.3 Å². The zero-order chi connectivity index (χ0) is 11.2. The van der Waals surface area contributed by atoms with Gasteiger partial charge in [0.2, 0.25) is 0 Å². The fraction of sp³-hybridized carbons (Fsp3) is 0.571. The van der Waals surface area contributed by atoms with Crippen molar-refractivity contribution in [2.24, 2.45) is 10.9 Å². The van der Waals surface area contributed by atoms with E-state index in [1.165, 1.54) is 32.1 Å². The molecule has 1 saturated carbocycles. The van der Waals surface area contributed by atoms with Crippen LogP contribution in [0.4, 0.5) is 0 Å². The summed E-state index contributed by atoms with van der Waals surface area (Å²) in [6, 6.07) is 6.38. The van der Waals surface area contributed by atoms with Crippen LogP contribution in [-0.2, 0) is 0 Å². The van der Waals surface area contributed by atoms with Crippen LogP contribution >= 0.6 is 0 Å². The lowest BCUT2D eigenvalue weighted by molar-refractivity contribution is 0.318. The number of nitrogens with zero attached hydrogens (tertiary/aromatic N) is 2. The molecule has 0 aliphatic heterocycles. The van der Waals surface area contributed by atoms with Gasteiger partial charge in [-0.3, -0.25) is 9.98 Å². The topological polar surface area (TPSA) is 25.2 Å². The molecule has 86 valence electrons. The molecule has 1 atom stereocenters. The molecule has 0 bridgehead atoms. The second-order valence-electron chi connectivity index (χ2n) is 4.67. The van der Waals surface area contributed by atoms with Crippen molar-refractivity contribution >= 4 is 6.21 Å². The predicted molar refractivity (Wildman–Crippen MR) is 67.9 cm³/mol. The summed E-state index contributed by atoms with van der Waals surface area (Å²) in [5.74, 6) is 0.786. The molecule has 0 saturated heterocycles. The van der Waals surface area contributed by atoms with Crippen molar-refractivity contribution in [1.29, 1.82) is 0 Å². The molecular weight excluding hydrogens is 196 g/mol. The van der Waals surface area contributed by atoms with E-state index < -0.39 is 0 Å². The number of aromatic nitrogens is 1. The Hall–Kier alpha value is -1.18. The maximum atomic E-state index is 4.63. The third-order valence-corrected chi connectivity index (χ3v) is 3.46. The minimum absolute atomic E-state index is 0.447. The summed E-state index contributed by atoms with van der Waals surface area (Å²) in [6.45, 7) is 2.23. The van der Waals surface area contributed by atoms with E-state index in [1.54, 1.807) is 0 Å². The average molecular weight is 216 g/mol. The molecular formula is C14H20N2. The third-order valence-electron chi connectivity index (χ3n) is 3.46. The lowest BCUT2D eigenvalue weighted by Gasteiger charge is -2.24. The number of pyridine rings is 1. The lowest BCUT2D eigenvalue weighted by Crippen LogP contribution is -2.18. The molecule has 1 aromatic heterocycles. The van der Waals surface area contributed by atoms with Crippen LogP contribution in [0.15, 0.2) is 29.4 Å². The van der Waals surface area contributed by atoms with Gasteiger partial charge in [-0.15, -0.1) is 0 Å². The molecule has 2 nitrogen and oxygen atoms in total. The highest BCUT2D eigenvalue weighted by atomic mass is 14.8. The Morgan fingerprint density at radius 2 is 2.12 bits per heavy atom. The lowest BCUT2D eigenvalue weighted by atomic mass is 9.85. The summed E-state index contributed by atoms with van der Waals surface area (Å²) in [6.07, 6.45) is 10.6. The van der Waals surface area contributed by atoms with Crippen molar-refractivity contribution in [3.8, 4) is 0 Å². The number of hydrogen-bond donors (Lipinski definition) is 0. The summed E-state index contributed by atoms with van der Waals surface area (Å²) < 4.78 is 0. The Balaban J connectivity index is 1.91. The van der Waals surface area contributed by atoms with Gasteiger partial charge in [-0.2, -0.15) is 0 Å². The first-order valence-electron chi connectivity index (χ1n) is 6.30. The molecule has 1 fully saturated rings. The van der Waals surface area contributed by atoms with Gasteiger partial charge in [-0.05, 0) is 37.8 Å². The van der Waals surface area contributed by atoms with Crippen LogP contribution in [0.5, 0.6) is 0 Å². The molecule has 0 aromatic carbocycles. The molecule has 0 N–H and O–H groups in total. The Bertz CT molecular complexity index is 326. The van der Waals surface area contributed by atoms with E-state index in [0.717, 1.165) is 11.6 Å². The molecule has 1 heterocycles. The Labute approximate surface area is 97.8 Å². The Kier molecular flexibility index (Phi) is 4.09. The van der Waals surface area contributed by atoms with Crippen molar-refractivity contribution in [2.75, 3.05) is 0 Å². The maximum absolute atomic E-state index is 4.63. The molecule has 0 spiro atoms. The molecule has 1 aliphatic rings. The minimum Gasteiger partial charge on any atom is -0.288 e. The predicted octanol–water partition coefficient (Wildman–Crippen LogP) is 3.47. The number of rotatable bonds is 3. The van der Waals surface area contributed by atoms with Crippen LogP contribution in [0.25, 0.3) is 0 Å². The normalized spacial score (nSPS) is 20.1. The van der Waals surface area contributed by atoms with Gasteiger partial charge in [-0.25, -0.2) is 0 Å². The monoisotopic (exact) mass is 216 g/mol. The van der Waals surface area contributed by atoms with E-state index in [2.05, 4.69) is 16.9 Å². The molecule has 0 amide bonds. The fourth-order valence-corrected chi connectivity index (χ4v) is 2.38. The van der Waals surface area contributed by atoms with Crippen LogP contribution in [-0.4, -0.2) is 17.2 Å². The largest absolute Gasteiger partial charge is 0.288 e. The molecule has 0 radical (unpaired) electrons. The highest BCUT2D eigenvalue weighted by molar-refractivity contribution is 5.76. The summed E-state index contributed by atoms with van der Waals surface area (Å²) in [5, 5.41) is 0. The van der Waals surface area contributed by atoms with E-state index in [1.807, 2.05) is 30.6 Å². The molecule has 2 heteroatoms. The average Bonchev–Trinajstić information content (AvgIpc) is 2.38. The molecule has 16 heavy (non-hydrogen) atoms. The summed E-state index contributed by atoms with van der Waals surface area (Å²) in [5.41, 5.74) is 0.963. The van der Waals surface area contributed by atoms with Gasteiger partial charge in [0.25, 0.3) is 0 Å². The van der Waals surface area contributed by atoms with Crippen LogP contribution in [0.2, 0.25) is 0 Å². The smallest absolute Gasteiger partial charge is 0.0807 e. The van der Waals surface area contributed by atoms with Gasteiger partial charge < -0.3 is 0 Å². The van der Waals surface area contributed by atoms with E-state index in [4.69, 9.17) is 0 Å². The van der Waals surface area contributed by atoms with Crippen LogP contribution in [0, 0.1) is 5.92 Å². The standard InChI is InChI=1S/C14H20N2/c1-12(13-7-3-2-4-8-13)16-11-14-9-5-6-10-15-14/h5-6,9-13H,2-4,7-8H2,1H3. The van der Waals surface area contributed by atoms with E-state index in [0.29, 0.717) is 6.04 Å². The summed E-state index contributed by atoms with van der Waals surface area (Å²) >= 11 is 0. The minimum atomic E-state index is 0.447. The zero-order valence-corrected chi connectivity index (χ0v) is 9.97. The summed E-state index contributed by atoms with van der Waals surface area (Å²) in [7, 11) is 0. The highest BCUT2D eigenvalue weighted by Gasteiger charge is 2.18. The SMILES string of the molecule is CC(N=Cc1ccccn1)C1CCCCC1. The van der Waals surface area contributed by atoms with E-state index in [-0.39, 0.29) is 0 Å². The van der Waals surface area contributed by atoms with E-state index >= 15 is 0 Å². The maximum Gasteiger partial charge on any atom is 0.0807 e. The fourth-order valence-electron chi connectivity index (χ4n) is 2.38. The first kappa shape index (κ1) is 11.3. The van der Waals surface area contributed by atoms with Crippen molar-refractivity contribution in [3.05, 3.63) is 30.1 Å². The summed E-state index contributed by atoms with van der Waals surface area (Å²) in [4.78, 5) is 8.88. The van der Waals surface area contributed by atoms with Crippen LogP contribution in [0.3, 0.4) is 0 Å². The Morgan fingerprint density at radius 1 is 1.31 bits per heavy atom.